The average molecular weight is 287 g/mol. The van der Waals surface area contributed by atoms with Crippen LogP contribution in [-0.4, -0.2) is 36.0 Å². The van der Waals surface area contributed by atoms with Gasteiger partial charge in [0.2, 0.25) is 0 Å². The van der Waals surface area contributed by atoms with Gasteiger partial charge in [0.1, 0.15) is 0 Å². The van der Waals surface area contributed by atoms with Crippen molar-refractivity contribution >= 4 is 5.91 Å². The molecule has 1 amide bonds. The fourth-order valence-corrected chi connectivity index (χ4v) is 3.79. The second kappa shape index (κ2) is 6.16. The molecule has 21 heavy (non-hydrogen) atoms. The number of nitrogens with one attached hydrogen (secondary N) is 1. The molecule has 2 fully saturated rings. The smallest absolute Gasteiger partial charge is 0.251 e. The summed E-state index contributed by atoms with van der Waals surface area (Å²) in [5.74, 6) is 0.0474. The lowest BCUT2D eigenvalue weighted by Gasteiger charge is -2.47. The van der Waals surface area contributed by atoms with Crippen molar-refractivity contribution in [3.05, 3.63) is 35.4 Å². The minimum Gasteiger partial charge on any atom is -0.349 e. The molecule has 1 aromatic carbocycles. The highest BCUT2D eigenvalue weighted by molar-refractivity contribution is 5.94. The summed E-state index contributed by atoms with van der Waals surface area (Å²) in [5.41, 5.74) is 7.37. The van der Waals surface area contributed by atoms with Crippen LogP contribution in [0.1, 0.15) is 48.0 Å². The first-order chi connectivity index (χ1) is 10.2. The first-order valence-electron chi connectivity index (χ1n) is 7.99. The molecule has 0 spiro atoms. The maximum absolute atomic E-state index is 12.4. The van der Waals surface area contributed by atoms with Crippen LogP contribution >= 0.6 is 0 Å². The van der Waals surface area contributed by atoms with Gasteiger partial charge in [-0.15, -0.1) is 0 Å². The molecular formula is C17H25N3O. The number of hydrogen-bond donors (Lipinski definition) is 2. The Hall–Kier alpha value is -1.39. The van der Waals surface area contributed by atoms with E-state index in [1.165, 1.54) is 19.3 Å². The van der Waals surface area contributed by atoms with Crippen LogP contribution in [0.4, 0.5) is 0 Å². The Balaban J connectivity index is 1.62. The van der Waals surface area contributed by atoms with E-state index in [9.17, 15) is 4.79 Å². The summed E-state index contributed by atoms with van der Waals surface area (Å²) in [6.07, 6.45) is 6.04. The van der Waals surface area contributed by atoms with E-state index in [0.717, 1.165) is 24.0 Å². The Kier molecular flexibility index (Phi) is 4.27. The molecule has 3 N–H and O–H groups in total. The van der Waals surface area contributed by atoms with Crippen molar-refractivity contribution in [3.63, 3.8) is 0 Å². The van der Waals surface area contributed by atoms with Crippen LogP contribution in [0.5, 0.6) is 0 Å². The average Bonchev–Trinajstić information content (AvgIpc) is 2.48. The van der Waals surface area contributed by atoms with Crippen LogP contribution in [0.3, 0.4) is 0 Å². The first kappa shape index (κ1) is 14.5. The number of carbonyl (C=O) groups is 1. The molecule has 0 saturated carbocycles. The number of benzene rings is 1. The first-order valence-corrected chi connectivity index (χ1v) is 7.99. The summed E-state index contributed by atoms with van der Waals surface area (Å²) >= 11 is 0. The molecule has 2 saturated heterocycles. The lowest BCUT2D eigenvalue weighted by atomic mass is 9.82. The summed E-state index contributed by atoms with van der Waals surface area (Å²) < 4.78 is 0. The van der Waals surface area contributed by atoms with E-state index >= 15 is 0 Å². The molecule has 0 aromatic heterocycles. The number of rotatable bonds is 3. The molecule has 114 valence electrons. The lowest BCUT2D eigenvalue weighted by molar-refractivity contribution is 0.0463. The molecule has 3 rings (SSSR count). The second-order valence-electron chi connectivity index (χ2n) is 6.45. The zero-order valence-corrected chi connectivity index (χ0v) is 12.7. The van der Waals surface area contributed by atoms with Gasteiger partial charge in [0, 0.05) is 30.2 Å². The van der Waals surface area contributed by atoms with Crippen molar-refractivity contribution < 1.29 is 4.79 Å². The summed E-state index contributed by atoms with van der Waals surface area (Å²) in [7, 11) is 2.23. The Morgan fingerprint density at radius 3 is 2.43 bits per heavy atom. The van der Waals surface area contributed by atoms with Crippen LogP contribution < -0.4 is 11.1 Å². The third-order valence-corrected chi connectivity index (χ3v) is 5.13. The predicted octanol–water partition coefficient (Wildman–Crippen LogP) is 1.89. The minimum atomic E-state index is 0.0474. The van der Waals surface area contributed by atoms with Crippen molar-refractivity contribution in [2.75, 3.05) is 7.05 Å². The molecule has 4 nitrogen and oxygen atoms in total. The Bertz CT molecular complexity index is 485. The third-order valence-electron chi connectivity index (χ3n) is 5.13. The van der Waals surface area contributed by atoms with Gasteiger partial charge in [-0.05, 0) is 50.4 Å². The van der Waals surface area contributed by atoms with E-state index in [1.54, 1.807) is 0 Å². The van der Waals surface area contributed by atoms with Gasteiger partial charge in [-0.25, -0.2) is 0 Å². The van der Waals surface area contributed by atoms with Crippen molar-refractivity contribution in [1.29, 1.82) is 0 Å². The summed E-state index contributed by atoms with van der Waals surface area (Å²) in [6, 6.07) is 9.19. The Morgan fingerprint density at radius 2 is 1.86 bits per heavy atom. The van der Waals surface area contributed by atoms with Crippen molar-refractivity contribution in [2.45, 2.75) is 56.8 Å². The van der Waals surface area contributed by atoms with E-state index in [1.807, 2.05) is 24.3 Å². The van der Waals surface area contributed by atoms with Crippen molar-refractivity contribution in [2.24, 2.45) is 5.73 Å². The molecule has 2 aliphatic heterocycles. The molecule has 2 unspecified atom stereocenters. The number of hydrogen-bond acceptors (Lipinski definition) is 3. The van der Waals surface area contributed by atoms with E-state index < -0.39 is 0 Å². The number of nitrogens with zero attached hydrogens (tertiary/aromatic N) is 1. The monoisotopic (exact) mass is 287 g/mol. The van der Waals surface area contributed by atoms with Crippen LogP contribution in [0.2, 0.25) is 0 Å². The van der Waals surface area contributed by atoms with E-state index in [2.05, 4.69) is 17.3 Å². The number of nitrogens with two attached hydrogens (primary N) is 1. The van der Waals surface area contributed by atoms with E-state index in [0.29, 0.717) is 24.7 Å². The van der Waals surface area contributed by atoms with E-state index in [4.69, 9.17) is 5.73 Å². The quantitative estimate of drug-likeness (QED) is 0.892. The van der Waals surface area contributed by atoms with Crippen molar-refractivity contribution in [3.8, 4) is 0 Å². The zero-order valence-electron chi connectivity index (χ0n) is 12.7. The molecule has 0 radical (unpaired) electrons. The van der Waals surface area contributed by atoms with Crippen LogP contribution in [0.15, 0.2) is 24.3 Å². The summed E-state index contributed by atoms with van der Waals surface area (Å²) in [4.78, 5) is 14.9. The predicted molar refractivity (Wildman–Crippen MR) is 84.0 cm³/mol. The number of fused-ring (bicyclic) bond motifs is 2. The van der Waals surface area contributed by atoms with Crippen molar-refractivity contribution in [1.82, 2.24) is 10.2 Å². The molecule has 1 aromatic rings. The number of carbonyl (C=O) groups excluding carboxylic acids is 1. The maximum atomic E-state index is 12.4. The molecule has 2 atom stereocenters. The highest BCUT2D eigenvalue weighted by Gasteiger charge is 2.36. The normalized spacial score (nSPS) is 29.1. The zero-order chi connectivity index (χ0) is 14.8. The van der Waals surface area contributed by atoms with Crippen LogP contribution in [0, 0.1) is 0 Å². The molecular weight excluding hydrogens is 262 g/mol. The number of amides is 1. The lowest BCUT2D eigenvalue weighted by Crippen LogP contribution is -2.55. The second-order valence-corrected chi connectivity index (χ2v) is 6.45. The molecule has 4 heteroatoms. The topological polar surface area (TPSA) is 58.4 Å². The number of piperidine rings is 2. The molecule has 2 bridgehead atoms. The largest absolute Gasteiger partial charge is 0.349 e. The third kappa shape index (κ3) is 3.11. The fourth-order valence-electron chi connectivity index (χ4n) is 3.79. The Labute approximate surface area is 126 Å². The van der Waals surface area contributed by atoms with Crippen LogP contribution in [0.25, 0.3) is 0 Å². The van der Waals surface area contributed by atoms with Gasteiger partial charge in [0.15, 0.2) is 0 Å². The molecule has 2 aliphatic rings. The maximum Gasteiger partial charge on any atom is 0.251 e. The highest BCUT2D eigenvalue weighted by atomic mass is 16.1. The van der Waals surface area contributed by atoms with E-state index in [-0.39, 0.29) is 5.91 Å². The highest BCUT2D eigenvalue weighted by Crippen LogP contribution is 2.32. The summed E-state index contributed by atoms with van der Waals surface area (Å²) in [6.45, 7) is 0.514. The molecule has 0 aliphatic carbocycles. The van der Waals surface area contributed by atoms with Gasteiger partial charge >= 0.3 is 0 Å². The summed E-state index contributed by atoms with van der Waals surface area (Å²) in [5, 5.41) is 3.22. The van der Waals surface area contributed by atoms with Gasteiger partial charge in [0.25, 0.3) is 5.91 Å². The standard InChI is InChI=1S/C17H25N3O/c1-20-15-3-2-4-16(20)10-14(9-15)19-17(21)13-7-5-12(11-18)6-8-13/h5-8,14-16H,2-4,9-11,18H2,1H3,(H,19,21). The van der Waals surface area contributed by atoms with Gasteiger partial charge in [-0.1, -0.05) is 18.6 Å². The fraction of sp³-hybridized carbons (Fsp3) is 0.588. The van der Waals surface area contributed by atoms with Gasteiger partial charge < -0.3 is 16.0 Å². The van der Waals surface area contributed by atoms with Gasteiger partial charge in [0.05, 0.1) is 0 Å². The van der Waals surface area contributed by atoms with Gasteiger partial charge in [-0.2, -0.15) is 0 Å². The minimum absolute atomic E-state index is 0.0474. The molecule has 2 heterocycles. The van der Waals surface area contributed by atoms with Gasteiger partial charge in [-0.3, -0.25) is 4.79 Å². The Morgan fingerprint density at radius 1 is 1.24 bits per heavy atom. The SMILES string of the molecule is CN1C2CCCC1CC(NC(=O)c1ccc(CN)cc1)C2. The van der Waals surface area contributed by atoms with Crippen LogP contribution in [-0.2, 0) is 6.54 Å².